The van der Waals surface area contributed by atoms with Crippen molar-refractivity contribution < 1.29 is 19.0 Å². The van der Waals surface area contributed by atoms with Crippen LogP contribution in [0.5, 0.6) is 0 Å². The van der Waals surface area contributed by atoms with Crippen LogP contribution < -0.4 is 4.90 Å². The molecule has 23 heavy (non-hydrogen) atoms. The van der Waals surface area contributed by atoms with E-state index in [4.69, 9.17) is 9.84 Å². The lowest BCUT2D eigenvalue weighted by molar-refractivity contribution is -0.0176. The fourth-order valence-corrected chi connectivity index (χ4v) is 2.72. The average molecular weight is 316 g/mol. The molecular weight excluding hydrogens is 299 g/mol. The van der Waals surface area contributed by atoms with E-state index in [-0.39, 0.29) is 23.7 Å². The summed E-state index contributed by atoms with van der Waals surface area (Å²) in [6.07, 6.45) is -0.260. The average Bonchev–Trinajstić information content (AvgIpc) is 2.55. The largest absolute Gasteiger partial charge is 0.477 e. The zero-order valence-corrected chi connectivity index (χ0v) is 12.6. The predicted octanol–water partition coefficient (Wildman–Crippen LogP) is 2.89. The molecule has 1 aromatic heterocycles. The Morgan fingerprint density at radius 1 is 1.26 bits per heavy atom. The molecule has 120 valence electrons. The highest BCUT2D eigenvalue weighted by Gasteiger charge is 2.27. The highest BCUT2D eigenvalue weighted by Crippen LogP contribution is 2.28. The Hall–Kier alpha value is -2.47. The molecule has 1 N–H and O–H groups in total. The number of nitrogens with zero attached hydrogens (tertiary/aromatic N) is 2. The minimum atomic E-state index is -1.05. The first-order chi connectivity index (χ1) is 11.0. The predicted molar refractivity (Wildman–Crippen MR) is 83.1 cm³/mol. The molecule has 0 spiro atoms. The molecule has 2 atom stereocenters. The maximum atomic E-state index is 13.1. The Morgan fingerprint density at radius 2 is 2.00 bits per heavy atom. The molecule has 3 rings (SSSR count). The Bertz CT molecular complexity index is 705. The minimum Gasteiger partial charge on any atom is -0.477 e. The van der Waals surface area contributed by atoms with Crippen LogP contribution in [-0.4, -0.2) is 35.3 Å². The molecule has 1 saturated heterocycles. The van der Waals surface area contributed by atoms with Gasteiger partial charge in [0.05, 0.1) is 6.10 Å². The van der Waals surface area contributed by atoms with Crippen molar-refractivity contribution in [2.75, 3.05) is 18.0 Å². The van der Waals surface area contributed by atoms with Gasteiger partial charge in [0.15, 0.2) is 5.69 Å². The van der Waals surface area contributed by atoms with Crippen LogP contribution in [0.4, 0.5) is 10.2 Å². The second-order valence-electron chi connectivity index (χ2n) is 5.58. The van der Waals surface area contributed by atoms with Gasteiger partial charge in [0, 0.05) is 13.1 Å². The lowest BCUT2D eigenvalue weighted by Gasteiger charge is -2.37. The highest BCUT2D eigenvalue weighted by atomic mass is 19.1. The van der Waals surface area contributed by atoms with Crippen molar-refractivity contribution in [2.45, 2.75) is 19.1 Å². The monoisotopic (exact) mass is 316 g/mol. The number of aromatic carboxylic acids is 1. The number of hydrogen-bond donors (Lipinski definition) is 1. The Morgan fingerprint density at radius 3 is 2.70 bits per heavy atom. The zero-order chi connectivity index (χ0) is 16.4. The maximum Gasteiger partial charge on any atom is 0.354 e. The molecule has 5 nitrogen and oxygen atoms in total. The fraction of sp³-hybridized carbons (Fsp3) is 0.294. The number of benzene rings is 1. The summed E-state index contributed by atoms with van der Waals surface area (Å²) in [5.41, 5.74) is 0.900. The van der Waals surface area contributed by atoms with Crippen LogP contribution in [0, 0.1) is 5.82 Å². The van der Waals surface area contributed by atoms with Gasteiger partial charge in [-0.2, -0.15) is 0 Å². The Kier molecular flexibility index (Phi) is 4.25. The van der Waals surface area contributed by atoms with Crippen LogP contribution in [0.3, 0.4) is 0 Å². The lowest BCUT2D eigenvalue weighted by atomic mass is 10.1. The molecule has 0 amide bonds. The van der Waals surface area contributed by atoms with E-state index in [1.54, 1.807) is 24.3 Å². The van der Waals surface area contributed by atoms with Crippen LogP contribution >= 0.6 is 0 Å². The number of anilines is 1. The number of aromatic nitrogens is 1. The number of pyridine rings is 1. The second kappa shape index (κ2) is 6.34. The molecule has 0 radical (unpaired) electrons. The van der Waals surface area contributed by atoms with Gasteiger partial charge < -0.3 is 14.7 Å². The van der Waals surface area contributed by atoms with E-state index in [0.717, 1.165) is 5.56 Å². The van der Waals surface area contributed by atoms with Crippen molar-refractivity contribution in [1.29, 1.82) is 0 Å². The van der Waals surface area contributed by atoms with E-state index in [1.165, 1.54) is 18.2 Å². The molecule has 0 aliphatic carbocycles. The summed E-state index contributed by atoms with van der Waals surface area (Å²) >= 11 is 0. The molecular formula is C17H17FN2O3. The number of carbonyl (C=O) groups is 1. The van der Waals surface area contributed by atoms with Crippen molar-refractivity contribution in [3.05, 3.63) is 59.5 Å². The number of rotatable bonds is 3. The van der Waals surface area contributed by atoms with Gasteiger partial charge in [0.2, 0.25) is 0 Å². The van der Waals surface area contributed by atoms with Gasteiger partial charge in [0.25, 0.3) is 0 Å². The normalized spacial score (nSPS) is 21.2. The van der Waals surface area contributed by atoms with E-state index in [9.17, 15) is 9.18 Å². The quantitative estimate of drug-likeness (QED) is 0.943. The third kappa shape index (κ3) is 3.48. The highest BCUT2D eigenvalue weighted by molar-refractivity contribution is 5.85. The summed E-state index contributed by atoms with van der Waals surface area (Å²) < 4.78 is 19.0. The van der Waals surface area contributed by atoms with Crippen LogP contribution in [0.25, 0.3) is 0 Å². The first-order valence-electron chi connectivity index (χ1n) is 7.39. The fourth-order valence-electron chi connectivity index (χ4n) is 2.72. The Labute approximate surface area is 133 Å². The standard InChI is InChI=1S/C17H17FN2O3/c1-11-9-20(16-4-2-3-14(19-16)17(21)22)10-15(23-11)12-5-7-13(18)8-6-12/h2-8,11,15H,9-10H2,1H3,(H,21,22). The Balaban J connectivity index is 1.84. The SMILES string of the molecule is CC1CN(c2cccc(C(=O)O)n2)CC(c2ccc(F)cc2)O1. The number of ether oxygens (including phenoxy) is 1. The second-order valence-corrected chi connectivity index (χ2v) is 5.58. The zero-order valence-electron chi connectivity index (χ0n) is 12.6. The van der Waals surface area contributed by atoms with Crippen molar-refractivity contribution >= 4 is 11.8 Å². The number of carboxylic acids is 1. The van der Waals surface area contributed by atoms with E-state index in [0.29, 0.717) is 18.9 Å². The van der Waals surface area contributed by atoms with Gasteiger partial charge in [0.1, 0.15) is 17.7 Å². The smallest absolute Gasteiger partial charge is 0.354 e. The third-order valence-electron chi connectivity index (χ3n) is 3.78. The van der Waals surface area contributed by atoms with Crippen molar-refractivity contribution in [3.8, 4) is 0 Å². The van der Waals surface area contributed by atoms with E-state index >= 15 is 0 Å². The third-order valence-corrected chi connectivity index (χ3v) is 3.78. The first kappa shape index (κ1) is 15.4. The van der Waals surface area contributed by atoms with Gasteiger partial charge in [-0.3, -0.25) is 0 Å². The topological polar surface area (TPSA) is 62.7 Å². The lowest BCUT2D eigenvalue weighted by Crippen LogP contribution is -2.43. The summed E-state index contributed by atoms with van der Waals surface area (Å²) in [5, 5.41) is 9.07. The van der Waals surface area contributed by atoms with Gasteiger partial charge in [-0.05, 0) is 36.8 Å². The molecule has 1 aromatic carbocycles. The van der Waals surface area contributed by atoms with Crippen LogP contribution in [0.1, 0.15) is 29.1 Å². The van der Waals surface area contributed by atoms with Crippen molar-refractivity contribution in [1.82, 2.24) is 4.98 Å². The summed E-state index contributed by atoms with van der Waals surface area (Å²) in [6.45, 7) is 3.10. The maximum absolute atomic E-state index is 13.1. The van der Waals surface area contributed by atoms with Crippen LogP contribution in [0.15, 0.2) is 42.5 Å². The number of carboxylic acid groups (broad SMARTS) is 1. The van der Waals surface area contributed by atoms with Gasteiger partial charge in [-0.1, -0.05) is 18.2 Å². The molecule has 1 aliphatic rings. The summed E-state index contributed by atoms with van der Waals surface area (Å²) in [5.74, 6) is -0.735. The molecule has 2 heterocycles. The van der Waals surface area contributed by atoms with Crippen LogP contribution in [0.2, 0.25) is 0 Å². The first-order valence-corrected chi connectivity index (χ1v) is 7.39. The molecule has 6 heteroatoms. The molecule has 0 bridgehead atoms. The molecule has 1 aliphatic heterocycles. The van der Waals surface area contributed by atoms with Crippen molar-refractivity contribution in [2.24, 2.45) is 0 Å². The van der Waals surface area contributed by atoms with E-state index < -0.39 is 5.97 Å². The summed E-state index contributed by atoms with van der Waals surface area (Å²) in [4.78, 5) is 17.3. The summed E-state index contributed by atoms with van der Waals surface area (Å²) in [7, 11) is 0. The number of morpholine rings is 1. The van der Waals surface area contributed by atoms with Crippen LogP contribution in [-0.2, 0) is 4.74 Å². The van der Waals surface area contributed by atoms with Gasteiger partial charge in [-0.25, -0.2) is 14.2 Å². The van der Waals surface area contributed by atoms with E-state index in [1.807, 2.05) is 11.8 Å². The molecule has 0 saturated carbocycles. The van der Waals surface area contributed by atoms with Crippen molar-refractivity contribution in [3.63, 3.8) is 0 Å². The molecule has 2 unspecified atom stereocenters. The number of hydrogen-bond acceptors (Lipinski definition) is 4. The van der Waals surface area contributed by atoms with Gasteiger partial charge >= 0.3 is 5.97 Å². The summed E-state index contributed by atoms with van der Waals surface area (Å²) in [6, 6.07) is 11.2. The molecule has 1 fully saturated rings. The van der Waals surface area contributed by atoms with E-state index in [2.05, 4.69) is 4.98 Å². The number of halogens is 1. The minimum absolute atomic E-state index is 0.0139. The van der Waals surface area contributed by atoms with Gasteiger partial charge in [-0.15, -0.1) is 0 Å². The molecule has 2 aromatic rings.